The van der Waals surface area contributed by atoms with E-state index in [1.54, 1.807) is 6.07 Å². The summed E-state index contributed by atoms with van der Waals surface area (Å²) in [5.74, 6) is -0.447. The fraction of sp³-hybridized carbons (Fsp3) is 0.500. The second-order valence-electron chi connectivity index (χ2n) is 5.03. The van der Waals surface area contributed by atoms with Crippen molar-refractivity contribution in [2.75, 3.05) is 11.9 Å². The molecular weight excluding hydrogens is 269 g/mol. The van der Waals surface area contributed by atoms with Crippen LogP contribution < -0.4 is 5.32 Å². The van der Waals surface area contributed by atoms with Crippen molar-refractivity contribution >= 4 is 23.2 Å². The summed E-state index contributed by atoms with van der Waals surface area (Å²) in [7, 11) is 0. The van der Waals surface area contributed by atoms with Crippen LogP contribution in [0.1, 0.15) is 35.8 Å². The number of hydrogen-bond acceptors (Lipinski definition) is 2. The number of aryl methyl sites for hydroxylation is 1. The first-order chi connectivity index (χ1) is 9.15. The predicted octanol–water partition coefficient (Wildman–Crippen LogP) is 3.17. The van der Waals surface area contributed by atoms with E-state index >= 15 is 0 Å². The van der Waals surface area contributed by atoms with Gasteiger partial charge in [0.2, 0.25) is 5.91 Å². The maximum absolute atomic E-state index is 14.1. The van der Waals surface area contributed by atoms with Gasteiger partial charge >= 0.3 is 0 Å². The summed E-state index contributed by atoms with van der Waals surface area (Å²) >= 11 is 6.34. The number of rotatable bonds is 2. The molecule has 1 aromatic carbocycles. The van der Waals surface area contributed by atoms with Crippen LogP contribution >= 0.6 is 11.6 Å². The van der Waals surface area contributed by atoms with Gasteiger partial charge in [0, 0.05) is 24.3 Å². The second kappa shape index (κ2) is 5.10. The number of carbonyl (C=O) groups excluding carboxylic acids is 1. The molecule has 0 radical (unpaired) electrons. The van der Waals surface area contributed by atoms with Crippen molar-refractivity contribution in [2.45, 2.75) is 37.2 Å². The van der Waals surface area contributed by atoms with Crippen molar-refractivity contribution in [3.05, 3.63) is 29.1 Å². The maximum atomic E-state index is 14.1. The number of alkyl halides is 1. The van der Waals surface area contributed by atoms with Gasteiger partial charge in [0.05, 0.1) is 11.5 Å². The molecule has 1 aromatic rings. The molecule has 0 aromatic heterocycles. The zero-order chi connectivity index (χ0) is 13.4. The fourth-order valence-electron chi connectivity index (χ4n) is 2.67. The summed E-state index contributed by atoms with van der Waals surface area (Å²) < 4.78 is 19.6. The van der Waals surface area contributed by atoms with Crippen LogP contribution in [0.15, 0.2) is 12.1 Å². The van der Waals surface area contributed by atoms with Crippen molar-refractivity contribution < 1.29 is 13.9 Å². The number of fused-ring (bicyclic) bond motifs is 1. The summed E-state index contributed by atoms with van der Waals surface area (Å²) in [5.41, 5.74) is 1.98. The molecule has 2 unspecified atom stereocenters. The van der Waals surface area contributed by atoms with Crippen molar-refractivity contribution in [3.8, 4) is 0 Å². The molecule has 2 aliphatic rings. The van der Waals surface area contributed by atoms with E-state index in [1.807, 2.05) is 0 Å². The number of hydrogen-bond donors (Lipinski definition) is 1. The summed E-state index contributed by atoms with van der Waals surface area (Å²) in [6.45, 7) is 0.691. The molecule has 2 heterocycles. The van der Waals surface area contributed by atoms with Crippen LogP contribution in [0, 0.1) is 5.82 Å². The first-order valence-electron chi connectivity index (χ1n) is 6.53. The molecule has 3 rings (SSSR count). The van der Waals surface area contributed by atoms with E-state index in [1.165, 1.54) is 6.07 Å². The van der Waals surface area contributed by atoms with Crippen molar-refractivity contribution in [3.63, 3.8) is 0 Å². The average molecular weight is 284 g/mol. The van der Waals surface area contributed by atoms with Gasteiger partial charge in [-0.05, 0) is 37.0 Å². The average Bonchev–Trinajstić information content (AvgIpc) is 2.91. The van der Waals surface area contributed by atoms with Gasteiger partial charge in [0.1, 0.15) is 5.82 Å². The topological polar surface area (TPSA) is 38.3 Å². The third-order valence-corrected chi connectivity index (χ3v) is 4.22. The van der Waals surface area contributed by atoms with E-state index in [0.29, 0.717) is 30.7 Å². The zero-order valence-electron chi connectivity index (χ0n) is 10.4. The Balaban J connectivity index is 1.91. The van der Waals surface area contributed by atoms with Crippen LogP contribution in [-0.4, -0.2) is 18.6 Å². The number of amides is 1. The molecule has 1 fully saturated rings. The van der Waals surface area contributed by atoms with Crippen LogP contribution in [0.3, 0.4) is 0 Å². The normalized spacial score (nSPS) is 23.9. The van der Waals surface area contributed by atoms with Crippen LogP contribution in [0.5, 0.6) is 0 Å². The molecule has 2 atom stereocenters. The van der Waals surface area contributed by atoms with Crippen LogP contribution in [-0.2, 0) is 16.0 Å². The number of anilines is 1. The summed E-state index contributed by atoms with van der Waals surface area (Å²) in [6, 6.07) is 3.13. The Morgan fingerprint density at radius 3 is 3.00 bits per heavy atom. The van der Waals surface area contributed by atoms with Crippen LogP contribution in [0.4, 0.5) is 10.1 Å². The van der Waals surface area contributed by atoms with Gasteiger partial charge in [-0.3, -0.25) is 4.79 Å². The minimum Gasteiger partial charge on any atom is -0.376 e. The molecule has 102 valence electrons. The van der Waals surface area contributed by atoms with Gasteiger partial charge in [-0.2, -0.15) is 0 Å². The maximum Gasteiger partial charge on any atom is 0.224 e. The Morgan fingerprint density at radius 2 is 2.26 bits per heavy atom. The fourth-order valence-corrected chi connectivity index (χ4v) is 3.03. The lowest BCUT2D eigenvalue weighted by Gasteiger charge is -2.22. The van der Waals surface area contributed by atoms with E-state index in [0.717, 1.165) is 18.4 Å². The molecule has 3 nitrogen and oxygen atoms in total. The Hall–Kier alpha value is -1.13. The lowest BCUT2D eigenvalue weighted by atomic mass is 9.96. The summed E-state index contributed by atoms with van der Waals surface area (Å²) in [5, 5.41) is 2.22. The van der Waals surface area contributed by atoms with Crippen LogP contribution in [0.2, 0.25) is 0 Å². The van der Waals surface area contributed by atoms with Crippen molar-refractivity contribution in [1.29, 1.82) is 0 Å². The number of ether oxygens (including phenoxy) is 1. The largest absolute Gasteiger partial charge is 0.376 e. The first-order valence-corrected chi connectivity index (χ1v) is 6.96. The summed E-state index contributed by atoms with van der Waals surface area (Å²) in [4.78, 5) is 11.3. The first kappa shape index (κ1) is 12.9. The van der Waals surface area contributed by atoms with Gasteiger partial charge in [-0.15, -0.1) is 11.6 Å². The highest BCUT2D eigenvalue weighted by atomic mass is 35.5. The van der Waals surface area contributed by atoms with E-state index in [2.05, 4.69) is 5.32 Å². The molecule has 1 saturated heterocycles. The monoisotopic (exact) mass is 283 g/mol. The molecule has 5 heteroatoms. The second-order valence-corrected chi connectivity index (χ2v) is 5.50. The molecule has 1 N–H and O–H groups in total. The van der Waals surface area contributed by atoms with Gasteiger partial charge < -0.3 is 10.1 Å². The molecule has 0 aliphatic carbocycles. The zero-order valence-corrected chi connectivity index (χ0v) is 11.2. The molecule has 0 bridgehead atoms. The van der Waals surface area contributed by atoms with E-state index in [4.69, 9.17) is 16.3 Å². The van der Waals surface area contributed by atoms with Crippen molar-refractivity contribution in [2.24, 2.45) is 0 Å². The smallest absolute Gasteiger partial charge is 0.224 e. The summed E-state index contributed by atoms with van der Waals surface area (Å²) in [6.07, 6.45) is 2.78. The van der Waals surface area contributed by atoms with E-state index in [-0.39, 0.29) is 17.8 Å². The molecule has 2 aliphatic heterocycles. The number of benzene rings is 1. The Morgan fingerprint density at radius 1 is 1.42 bits per heavy atom. The number of halogens is 2. The van der Waals surface area contributed by atoms with Gasteiger partial charge in [-0.1, -0.05) is 0 Å². The highest BCUT2D eigenvalue weighted by Crippen LogP contribution is 2.36. The predicted molar refractivity (Wildman–Crippen MR) is 70.9 cm³/mol. The van der Waals surface area contributed by atoms with E-state index < -0.39 is 5.38 Å². The SMILES string of the molecule is O=C1CCc2cc(C(Cl)C3CCCO3)c(F)cc2N1. The Bertz CT molecular complexity index is 514. The lowest BCUT2D eigenvalue weighted by molar-refractivity contribution is -0.116. The number of carbonyl (C=O) groups is 1. The quantitative estimate of drug-likeness (QED) is 0.847. The molecule has 1 amide bonds. The third kappa shape index (κ3) is 2.47. The van der Waals surface area contributed by atoms with Crippen molar-refractivity contribution in [1.82, 2.24) is 0 Å². The minimum atomic E-state index is -0.467. The van der Waals surface area contributed by atoms with Gasteiger partial charge in [0.25, 0.3) is 0 Å². The minimum absolute atomic E-state index is 0.0683. The standard InChI is InChI=1S/C14H15ClFNO2/c15-14(12-2-1-5-19-12)9-6-8-3-4-13(18)17-11(8)7-10(9)16/h6-7,12,14H,1-5H2,(H,17,18). The molecule has 0 spiro atoms. The molecule has 19 heavy (non-hydrogen) atoms. The molecule has 0 saturated carbocycles. The number of nitrogens with one attached hydrogen (secondary N) is 1. The third-order valence-electron chi connectivity index (χ3n) is 3.71. The molecular formula is C14H15ClFNO2. The van der Waals surface area contributed by atoms with Gasteiger partial charge in [0.15, 0.2) is 0 Å². The Labute approximate surface area is 116 Å². The highest BCUT2D eigenvalue weighted by molar-refractivity contribution is 6.21. The van der Waals surface area contributed by atoms with Crippen LogP contribution in [0.25, 0.3) is 0 Å². The van der Waals surface area contributed by atoms with E-state index in [9.17, 15) is 9.18 Å². The Kier molecular flexibility index (Phi) is 3.46. The lowest BCUT2D eigenvalue weighted by Crippen LogP contribution is -2.21. The van der Waals surface area contributed by atoms with Gasteiger partial charge in [-0.25, -0.2) is 4.39 Å². The highest BCUT2D eigenvalue weighted by Gasteiger charge is 2.29.